The molecule has 3 aromatic rings. The summed E-state index contributed by atoms with van der Waals surface area (Å²) in [6, 6.07) is 5.10. The van der Waals surface area contributed by atoms with E-state index >= 15 is 0 Å². The third kappa shape index (κ3) is 1.61. The fraction of sp³-hybridized carbons (Fsp3) is 0.0909. The van der Waals surface area contributed by atoms with E-state index in [-0.39, 0.29) is 17.7 Å². The van der Waals surface area contributed by atoms with Crippen LogP contribution in [0.3, 0.4) is 0 Å². The fourth-order valence-corrected chi connectivity index (χ4v) is 1.70. The molecule has 2 heterocycles. The molecule has 4 N–H and O–H groups in total. The molecule has 0 radical (unpaired) electrons. The molecular formula is C11H11N7. The third-order valence-electron chi connectivity index (χ3n) is 2.50. The van der Waals surface area contributed by atoms with Crippen molar-refractivity contribution in [2.24, 2.45) is 6.98 Å². The second-order valence-corrected chi connectivity index (χ2v) is 3.71. The Morgan fingerprint density at radius 1 is 1.17 bits per heavy atom. The number of hydrogen-bond donors (Lipinski definition) is 2. The largest absolute Gasteiger partial charge is 0.368 e. The van der Waals surface area contributed by atoms with Gasteiger partial charge in [-0.3, -0.25) is 4.68 Å². The number of aryl methyl sites for hydroxylation is 1. The first-order valence-corrected chi connectivity index (χ1v) is 5.10. The molecule has 0 atom stereocenters. The smallest absolute Gasteiger partial charge is 0.225 e. The van der Waals surface area contributed by atoms with Crippen LogP contribution in [0.5, 0.6) is 0 Å². The van der Waals surface area contributed by atoms with Gasteiger partial charge in [0.15, 0.2) is 5.82 Å². The molecule has 1 aromatic carbocycles. The van der Waals surface area contributed by atoms with Crippen molar-refractivity contribution in [3.63, 3.8) is 0 Å². The lowest BCUT2D eigenvalue weighted by Gasteiger charge is -2.03. The van der Waals surface area contributed by atoms with E-state index in [0.29, 0.717) is 16.5 Å². The molecule has 0 aliphatic carbocycles. The van der Waals surface area contributed by atoms with E-state index in [1.54, 1.807) is 18.2 Å². The zero-order valence-corrected chi connectivity index (χ0v) is 9.20. The van der Waals surface area contributed by atoms with Crippen LogP contribution in [0.1, 0.15) is 4.11 Å². The van der Waals surface area contributed by atoms with Gasteiger partial charge in [-0.25, -0.2) is 0 Å². The van der Waals surface area contributed by atoms with Crippen molar-refractivity contribution in [2.45, 2.75) is 0 Å². The molecule has 0 bridgehead atoms. The van der Waals surface area contributed by atoms with Crippen LogP contribution in [0.25, 0.3) is 22.3 Å². The summed E-state index contributed by atoms with van der Waals surface area (Å²) in [6.07, 6.45) is 1.49. The lowest BCUT2D eigenvalue weighted by atomic mass is 10.1. The van der Waals surface area contributed by atoms with Crippen LogP contribution in [0.2, 0.25) is 0 Å². The zero-order chi connectivity index (χ0) is 15.2. The van der Waals surface area contributed by atoms with Gasteiger partial charge < -0.3 is 11.5 Å². The Bertz CT molecular complexity index is 804. The number of nitrogen functional groups attached to an aromatic ring is 2. The van der Waals surface area contributed by atoms with Gasteiger partial charge >= 0.3 is 0 Å². The Kier molecular flexibility index (Phi) is 1.54. The Morgan fingerprint density at radius 3 is 2.67 bits per heavy atom. The van der Waals surface area contributed by atoms with Crippen LogP contribution >= 0.6 is 0 Å². The first-order valence-electron chi connectivity index (χ1n) is 6.60. The predicted octanol–water partition coefficient (Wildman–Crippen LogP) is 0.590. The number of nitrogens with two attached hydrogens (primary N) is 2. The highest BCUT2D eigenvalue weighted by Gasteiger charge is 2.07. The first-order chi connectivity index (χ1) is 9.84. The summed E-state index contributed by atoms with van der Waals surface area (Å²) in [7, 11) is 0. The average molecular weight is 244 g/mol. The van der Waals surface area contributed by atoms with E-state index < -0.39 is 6.98 Å². The number of rotatable bonds is 1. The number of fused-ring (bicyclic) bond motifs is 1. The Labute approximate surface area is 107 Å². The lowest BCUT2D eigenvalue weighted by molar-refractivity contribution is 0.797. The van der Waals surface area contributed by atoms with Crippen molar-refractivity contribution in [3.8, 4) is 11.4 Å². The van der Waals surface area contributed by atoms with Crippen molar-refractivity contribution < 1.29 is 4.11 Å². The first kappa shape index (κ1) is 7.59. The van der Waals surface area contributed by atoms with E-state index in [1.165, 1.54) is 6.20 Å². The van der Waals surface area contributed by atoms with E-state index in [9.17, 15) is 0 Å². The number of aromatic nitrogens is 5. The van der Waals surface area contributed by atoms with Gasteiger partial charge in [-0.2, -0.15) is 20.1 Å². The molecule has 0 fully saturated rings. The molecule has 7 nitrogen and oxygen atoms in total. The molecule has 7 heteroatoms. The molecule has 0 unspecified atom stereocenters. The molecule has 0 spiro atoms. The summed E-state index contributed by atoms with van der Waals surface area (Å²) >= 11 is 0. The minimum absolute atomic E-state index is 0.00178. The van der Waals surface area contributed by atoms with Crippen LogP contribution < -0.4 is 11.5 Å². The molecule has 0 saturated heterocycles. The summed E-state index contributed by atoms with van der Waals surface area (Å²) in [4.78, 5) is 11.7. The van der Waals surface area contributed by atoms with Crippen molar-refractivity contribution in [2.75, 3.05) is 11.5 Å². The van der Waals surface area contributed by atoms with E-state index in [4.69, 9.17) is 15.6 Å². The fourth-order valence-electron chi connectivity index (χ4n) is 1.70. The summed E-state index contributed by atoms with van der Waals surface area (Å²) in [5.74, 6) is 0.282. The van der Waals surface area contributed by atoms with Crippen molar-refractivity contribution in [3.05, 3.63) is 24.4 Å². The zero-order valence-electron chi connectivity index (χ0n) is 12.2. The third-order valence-corrected chi connectivity index (χ3v) is 2.50. The highest BCUT2D eigenvalue weighted by molar-refractivity contribution is 5.83. The minimum Gasteiger partial charge on any atom is -0.368 e. The Balaban J connectivity index is 2.20. The maximum Gasteiger partial charge on any atom is 0.225 e. The van der Waals surface area contributed by atoms with Crippen molar-refractivity contribution in [1.82, 2.24) is 24.7 Å². The summed E-state index contributed by atoms with van der Waals surface area (Å²) in [5.41, 5.74) is 12.1. The van der Waals surface area contributed by atoms with Gasteiger partial charge in [-0.15, -0.1) is 0 Å². The van der Waals surface area contributed by atoms with Crippen molar-refractivity contribution in [1.29, 1.82) is 0 Å². The van der Waals surface area contributed by atoms with Crippen LogP contribution in [-0.2, 0) is 6.98 Å². The van der Waals surface area contributed by atoms with Crippen molar-refractivity contribution >= 4 is 22.8 Å². The molecule has 0 amide bonds. The second-order valence-electron chi connectivity index (χ2n) is 3.71. The lowest BCUT2D eigenvalue weighted by Crippen LogP contribution is -2.04. The molecule has 18 heavy (non-hydrogen) atoms. The molecule has 0 aliphatic heterocycles. The molecule has 2 aromatic heterocycles. The monoisotopic (exact) mass is 244 g/mol. The summed E-state index contributed by atoms with van der Waals surface area (Å²) < 4.78 is 23.4. The SMILES string of the molecule is [2H]C([2H])([2H])n1ncc2ccc(-c3nc(N)nc(N)n3)cc21. The van der Waals surface area contributed by atoms with Gasteiger partial charge in [0.05, 0.1) is 11.7 Å². The highest BCUT2D eigenvalue weighted by Crippen LogP contribution is 2.22. The van der Waals surface area contributed by atoms with Crippen LogP contribution in [0.15, 0.2) is 24.4 Å². The summed E-state index contributed by atoms with van der Waals surface area (Å²) in [6.45, 7) is -2.36. The van der Waals surface area contributed by atoms with Crippen LogP contribution in [0, 0.1) is 0 Å². The normalized spacial score (nSPS) is 14.1. The van der Waals surface area contributed by atoms with Gasteiger partial charge in [0, 0.05) is 22.0 Å². The topological polar surface area (TPSA) is 109 Å². The number of benzene rings is 1. The standard InChI is InChI=1S/C11H11N7/c1-18-8-4-6(2-3-7(8)5-14-18)9-15-10(12)17-11(13)16-9/h2-5H,1H3,(H4,12,13,15,16,17)/i1D3. The van der Waals surface area contributed by atoms with E-state index in [1.807, 2.05) is 0 Å². The maximum atomic E-state index is 7.47. The number of anilines is 2. The van der Waals surface area contributed by atoms with E-state index in [0.717, 1.165) is 4.68 Å². The van der Waals surface area contributed by atoms with Gasteiger partial charge in [0.25, 0.3) is 0 Å². The molecular weight excluding hydrogens is 230 g/mol. The minimum atomic E-state index is -2.36. The maximum absolute atomic E-state index is 7.47. The average Bonchev–Trinajstić information content (AvgIpc) is 2.79. The Hall–Kier alpha value is -2.70. The second kappa shape index (κ2) is 3.66. The van der Waals surface area contributed by atoms with Gasteiger partial charge in [0.1, 0.15) is 0 Å². The highest BCUT2D eigenvalue weighted by atomic mass is 15.2. The Morgan fingerprint density at radius 2 is 1.94 bits per heavy atom. The predicted molar refractivity (Wildman–Crippen MR) is 68.4 cm³/mol. The molecule has 0 saturated carbocycles. The molecule has 3 rings (SSSR count). The molecule has 90 valence electrons. The van der Waals surface area contributed by atoms with Gasteiger partial charge in [-0.05, 0) is 6.07 Å². The van der Waals surface area contributed by atoms with Gasteiger partial charge in [0.2, 0.25) is 11.9 Å². The number of nitrogens with zero attached hydrogens (tertiary/aromatic N) is 5. The number of hydrogen-bond acceptors (Lipinski definition) is 6. The van der Waals surface area contributed by atoms with Crippen LogP contribution in [0.4, 0.5) is 11.9 Å². The summed E-state index contributed by atoms with van der Waals surface area (Å²) in [5, 5.41) is 4.59. The molecule has 0 aliphatic rings. The van der Waals surface area contributed by atoms with Gasteiger partial charge in [-0.1, -0.05) is 12.1 Å². The quantitative estimate of drug-likeness (QED) is 0.648. The van der Waals surface area contributed by atoms with Crippen LogP contribution in [-0.4, -0.2) is 24.7 Å². The van der Waals surface area contributed by atoms with E-state index in [2.05, 4.69) is 20.1 Å².